The topological polar surface area (TPSA) is 21.3 Å². The van der Waals surface area contributed by atoms with E-state index in [0.717, 1.165) is 0 Å². The van der Waals surface area contributed by atoms with Crippen LogP contribution in [-0.2, 0) is 4.74 Å². The molecular formula is C8H9F6NO. The highest BCUT2D eigenvalue weighted by Gasteiger charge is 2.57. The molecule has 0 heterocycles. The summed E-state index contributed by atoms with van der Waals surface area (Å²) in [5.41, 5.74) is 0. The zero-order valence-corrected chi connectivity index (χ0v) is 7.95. The summed E-state index contributed by atoms with van der Waals surface area (Å²) in [6, 6.07) is 0. The van der Waals surface area contributed by atoms with Crippen LogP contribution < -0.4 is 5.32 Å². The molecule has 0 aromatic rings. The van der Waals surface area contributed by atoms with Gasteiger partial charge >= 0.3 is 12.4 Å². The van der Waals surface area contributed by atoms with E-state index in [0.29, 0.717) is 0 Å². The zero-order valence-electron chi connectivity index (χ0n) is 7.95. The van der Waals surface area contributed by atoms with Gasteiger partial charge in [-0.15, -0.1) is 6.42 Å². The minimum atomic E-state index is -5.47. The molecule has 94 valence electrons. The Morgan fingerprint density at radius 1 is 1.12 bits per heavy atom. The van der Waals surface area contributed by atoms with Crippen molar-refractivity contribution in [3.63, 3.8) is 0 Å². The molecule has 16 heavy (non-hydrogen) atoms. The molecule has 0 atom stereocenters. The van der Waals surface area contributed by atoms with Crippen molar-refractivity contribution >= 4 is 0 Å². The lowest BCUT2D eigenvalue weighted by molar-refractivity contribution is -0.321. The molecule has 0 amide bonds. The van der Waals surface area contributed by atoms with Gasteiger partial charge in [0.1, 0.15) is 0 Å². The number of terminal acetylenes is 1. The molecule has 0 unspecified atom stereocenters. The van der Waals surface area contributed by atoms with Crippen LogP contribution in [0.3, 0.4) is 0 Å². The average Bonchev–Trinajstić information content (AvgIpc) is 2.06. The standard InChI is InChI=1S/C8H9F6NO/c1-2-3-15-4-5-16-6(7(9,10)11)8(12,13)14/h1,6,15H,3-5H2. The Labute approximate surface area is 87.9 Å². The van der Waals surface area contributed by atoms with E-state index in [9.17, 15) is 26.3 Å². The van der Waals surface area contributed by atoms with Gasteiger partial charge in [0.05, 0.1) is 13.2 Å². The highest BCUT2D eigenvalue weighted by molar-refractivity contribution is 4.86. The summed E-state index contributed by atoms with van der Waals surface area (Å²) in [5, 5.41) is 2.40. The largest absolute Gasteiger partial charge is 0.423 e. The number of nitrogens with one attached hydrogen (secondary N) is 1. The summed E-state index contributed by atoms with van der Waals surface area (Å²) in [7, 11) is 0. The first-order valence-electron chi connectivity index (χ1n) is 4.08. The van der Waals surface area contributed by atoms with E-state index in [1.165, 1.54) is 0 Å². The fourth-order valence-corrected chi connectivity index (χ4v) is 0.784. The van der Waals surface area contributed by atoms with Crippen molar-refractivity contribution in [3.8, 4) is 12.3 Å². The second kappa shape index (κ2) is 5.96. The minimum Gasteiger partial charge on any atom is -0.360 e. The van der Waals surface area contributed by atoms with Crippen LogP contribution in [0.2, 0.25) is 0 Å². The van der Waals surface area contributed by atoms with Crippen LogP contribution in [0, 0.1) is 12.3 Å². The summed E-state index contributed by atoms with van der Waals surface area (Å²) >= 11 is 0. The lowest BCUT2D eigenvalue weighted by Gasteiger charge is -2.22. The Morgan fingerprint density at radius 2 is 1.62 bits per heavy atom. The van der Waals surface area contributed by atoms with Crippen LogP contribution >= 0.6 is 0 Å². The molecule has 1 N–H and O–H groups in total. The van der Waals surface area contributed by atoms with Crippen molar-refractivity contribution in [1.82, 2.24) is 5.32 Å². The monoisotopic (exact) mass is 249 g/mol. The van der Waals surface area contributed by atoms with Gasteiger partial charge in [-0.1, -0.05) is 5.92 Å². The number of hydrogen-bond acceptors (Lipinski definition) is 2. The van der Waals surface area contributed by atoms with Crippen LogP contribution in [-0.4, -0.2) is 38.2 Å². The Balaban J connectivity index is 4.12. The Hall–Kier alpha value is -0.940. The third-order valence-corrected chi connectivity index (χ3v) is 1.39. The average molecular weight is 249 g/mol. The van der Waals surface area contributed by atoms with E-state index < -0.39 is 25.1 Å². The van der Waals surface area contributed by atoms with Gasteiger partial charge in [-0.3, -0.25) is 0 Å². The van der Waals surface area contributed by atoms with Crippen LogP contribution in [0.4, 0.5) is 26.3 Å². The Kier molecular flexibility index (Phi) is 5.61. The molecular weight excluding hydrogens is 240 g/mol. The summed E-state index contributed by atoms with van der Waals surface area (Å²) in [4.78, 5) is 0. The van der Waals surface area contributed by atoms with Gasteiger partial charge in [-0.25, -0.2) is 0 Å². The lowest BCUT2D eigenvalue weighted by atomic mass is 10.3. The summed E-state index contributed by atoms with van der Waals surface area (Å²) in [6.45, 7) is -0.871. The van der Waals surface area contributed by atoms with E-state index in [2.05, 4.69) is 16.0 Å². The molecule has 0 aliphatic heterocycles. The highest BCUT2D eigenvalue weighted by Crippen LogP contribution is 2.35. The maximum Gasteiger partial charge on any atom is 0.423 e. The number of halogens is 6. The van der Waals surface area contributed by atoms with E-state index in [-0.39, 0.29) is 13.1 Å². The fourth-order valence-electron chi connectivity index (χ4n) is 0.784. The smallest absolute Gasteiger partial charge is 0.360 e. The number of alkyl halides is 6. The Bertz CT molecular complexity index is 226. The minimum absolute atomic E-state index is 0.0477. The van der Waals surface area contributed by atoms with Gasteiger partial charge in [-0.05, 0) is 0 Å². The second-order valence-corrected chi connectivity index (χ2v) is 2.71. The summed E-state index contributed by atoms with van der Waals surface area (Å²) < 4.78 is 75.1. The van der Waals surface area contributed by atoms with Gasteiger partial charge in [0.2, 0.25) is 6.10 Å². The van der Waals surface area contributed by atoms with Crippen molar-refractivity contribution in [3.05, 3.63) is 0 Å². The van der Waals surface area contributed by atoms with Crippen molar-refractivity contribution < 1.29 is 31.1 Å². The van der Waals surface area contributed by atoms with Gasteiger partial charge in [0, 0.05) is 6.54 Å². The van der Waals surface area contributed by atoms with Crippen molar-refractivity contribution in [2.45, 2.75) is 18.5 Å². The van der Waals surface area contributed by atoms with Gasteiger partial charge < -0.3 is 10.1 Å². The maximum absolute atomic E-state index is 11.9. The van der Waals surface area contributed by atoms with Gasteiger partial charge in [0.25, 0.3) is 0 Å². The first-order chi connectivity index (χ1) is 7.19. The van der Waals surface area contributed by atoms with E-state index in [1.54, 1.807) is 0 Å². The molecule has 0 aliphatic carbocycles. The third kappa shape index (κ3) is 5.82. The predicted molar refractivity (Wildman–Crippen MR) is 43.6 cm³/mol. The molecule has 0 saturated heterocycles. The Morgan fingerprint density at radius 3 is 2.00 bits per heavy atom. The predicted octanol–water partition coefficient (Wildman–Crippen LogP) is 1.72. The molecule has 2 nitrogen and oxygen atoms in total. The first-order valence-corrected chi connectivity index (χ1v) is 4.08. The molecule has 0 rings (SSSR count). The molecule has 0 aliphatic rings. The molecule has 0 fully saturated rings. The van der Waals surface area contributed by atoms with Crippen molar-refractivity contribution in [2.75, 3.05) is 19.7 Å². The molecule has 8 heteroatoms. The van der Waals surface area contributed by atoms with Crippen LogP contribution in [0.5, 0.6) is 0 Å². The maximum atomic E-state index is 11.9. The van der Waals surface area contributed by atoms with Gasteiger partial charge in [-0.2, -0.15) is 26.3 Å². The molecule has 0 saturated carbocycles. The van der Waals surface area contributed by atoms with Crippen molar-refractivity contribution in [2.24, 2.45) is 0 Å². The number of hydrogen-bond donors (Lipinski definition) is 1. The molecule has 0 spiro atoms. The highest BCUT2D eigenvalue weighted by atomic mass is 19.4. The molecule has 0 radical (unpaired) electrons. The van der Waals surface area contributed by atoms with Gasteiger partial charge in [0.15, 0.2) is 0 Å². The third-order valence-electron chi connectivity index (χ3n) is 1.39. The zero-order chi connectivity index (χ0) is 12.8. The summed E-state index contributed by atoms with van der Waals surface area (Å²) in [6.07, 6.45) is -9.90. The first kappa shape index (κ1) is 15.1. The lowest BCUT2D eigenvalue weighted by Crippen LogP contribution is -2.45. The molecule has 0 aromatic carbocycles. The van der Waals surface area contributed by atoms with Crippen LogP contribution in [0.15, 0.2) is 0 Å². The number of ether oxygens (including phenoxy) is 1. The second-order valence-electron chi connectivity index (χ2n) is 2.71. The molecule has 0 bridgehead atoms. The SMILES string of the molecule is C#CCNCCOC(C(F)(F)F)C(F)(F)F. The fraction of sp³-hybridized carbons (Fsp3) is 0.750. The van der Waals surface area contributed by atoms with Crippen molar-refractivity contribution in [1.29, 1.82) is 0 Å². The quantitative estimate of drug-likeness (QED) is 0.455. The van der Waals surface area contributed by atoms with Crippen LogP contribution in [0.25, 0.3) is 0 Å². The van der Waals surface area contributed by atoms with E-state index in [1.807, 2.05) is 0 Å². The summed E-state index contributed by atoms with van der Waals surface area (Å²) in [5.74, 6) is 2.11. The molecule has 0 aromatic heterocycles. The van der Waals surface area contributed by atoms with Crippen LogP contribution in [0.1, 0.15) is 0 Å². The van der Waals surface area contributed by atoms with E-state index >= 15 is 0 Å². The van der Waals surface area contributed by atoms with E-state index in [4.69, 9.17) is 6.42 Å². The normalized spacial score (nSPS) is 12.9. The number of rotatable bonds is 5.